The van der Waals surface area contributed by atoms with Crippen molar-refractivity contribution in [2.75, 3.05) is 26.2 Å². The van der Waals surface area contributed by atoms with Gasteiger partial charge in [-0.1, -0.05) is 64.1 Å². The maximum absolute atomic E-state index is 13.0. The summed E-state index contributed by atoms with van der Waals surface area (Å²) in [6.07, 6.45) is 3.04. The Morgan fingerprint density at radius 1 is 1.12 bits per heavy atom. The molecule has 3 fully saturated rings. The van der Waals surface area contributed by atoms with E-state index in [-0.39, 0.29) is 23.7 Å². The van der Waals surface area contributed by atoms with Crippen molar-refractivity contribution in [1.29, 1.82) is 0 Å². The van der Waals surface area contributed by atoms with Crippen LogP contribution in [-0.2, 0) is 11.2 Å². The summed E-state index contributed by atoms with van der Waals surface area (Å²) in [5.41, 5.74) is 4.45. The normalized spacial score (nSPS) is 27.1. The van der Waals surface area contributed by atoms with Gasteiger partial charge in [0, 0.05) is 17.5 Å². The van der Waals surface area contributed by atoms with Gasteiger partial charge in [0.2, 0.25) is 0 Å². The fourth-order valence-electron chi connectivity index (χ4n) is 5.76. The van der Waals surface area contributed by atoms with Gasteiger partial charge in [-0.2, -0.15) is 0 Å². The van der Waals surface area contributed by atoms with Crippen LogP contribution < -0.4 is 10.1 Å². The number of hydrogen-bond donors (Lipinski definition) is 1. The highest BCUT2D eigenvalue weighted by Crippen LogP contribution is 2.44. The van der Waals surface area contributed by atoms with Gasteiger partial charge in [0.05, 0.1) is 12.6 Å². The summed E-state index contributed by atoms with van der Waals surface area (Å²) in [6, 6.07) is 15.0. The van der Waals surface area contributed by atoms with E-state index in [9.17, 15) is 4.79 Å². The molecule has 2 aromatic carbocycles. The summed E-state index contributed by atoms with van der Waals surface area (Å²) in [4.78, 5) is 15.4. The molecule has 1 N–H and O–H groups in total. The highest BCUT2D eigenvalue weighted by molar-refractivity contribution is 5.70. The lowest BCUT2D eigenvalue weighted by Gasteiger charge is -2.44. The van der Waals surface area contributed by atoms with Crippen molar-refractivity contribution in [1.82, 2.24) is 10.2 Å². The first-order valence-corrected chi connectivity index (χ1v) is 12.8. The summed E-state index contributed by atoms with van der Waals surface area (Å²) < 4.78 is 12.1. The Kier molecular flexibility index (Phi) is 6.32. The van der Waals surface area contributed by atoms with Crippen molar-refractivity contribution >= 4 is 6.09 Å². The molecule has 0 spiro atoms. The average Bonchev–Trinajstić information content (AvgIpc) is 2.82. The molecule has 1 amide bonds. The second kappa shape index (κ2) is 9.26. The minimum Gasteiger partial charge on any atom is -0.493 e. The highest BCUT2D eigenvalue weighted by Gasteiger charge is 2.41. The molecule has 6 rings (SSSR count). The number of benzene rings is 2. The lowest BCUT2D eigenvalue weighted by Crippen LogP contribution is -2.53. The van der Waals surface area contributed by atoms with Crippen molar-refractivity contribution in [3.8, 4) is 16.9 Å². The van der Waals surface area contributed by atoms with Crippen molar-refractivity contribution in [3.63, 3.8) is 0 Å². The molecule has 34 heavy (non-hydrogen) atoms. The standard InChI is InChI=1S/C29H38N2O3/c1-19(2)15-20-5-7-21(8-6-20)23-9-10-24-25(16-23)33-18-29(3,4)27(24)30-28(32)34-26-17-31-13-11-22(26)12-14-31/h5-10,16,19,22,26-27H,11-15,17-18H2,1-4H3,(H,30,32)/t26-,27?/m1/s1. The number of piperidine rings is 3. The number of hydrogen-bond acceptors (Lipinski definition) is 4. The van der Waals surface area contributed by atoms with Crippen LogP contribution in [-0.4, -0.2) is 43.3 Å². The maximum Gasteiger partial charge on any atom is 0.407 e. The number of fused-ring (bicyclic) bond motifs is 4. The quantitative estimate of drug-likeness (QED) is 0.607. The lowest BCUT2D eigenvalue weighted by molar-refractivity contribution is -0.0361. The van der Waals surface area contributed by atoms with Crippen LogP contribution in [0.15, 0.2) is 42.5 Å². The van der Waals surface area contributed by atoms with E-state index in [0.717, 1.165) is 55.8 Å². The monoisotopic (exact) mass is 462 g/mol. The van der Waals surface area contributed by atoms with Crippen LogP contribution in [0.3, 0.4) is 0 Å². The molecule has 0 radical (unpaired) electrons. The van der Waals surface area contributed by atoms with Crippen molar-refractivity contribution in [3.05, 3.63) is 53.6 Å². The van der Waals surface area contributed by atoms with Crippen LogP contribution in [0.5, 0.6) is 5.75 Å². The molecular formula is C29H38N2O3. The number of alkyl carbamates (subject to hydrolysis) is 1. The first-order valence-electron chi connectivity index (χ1n) is 12.8. The molecule has 0 saturated carbocycles. The van der Waals surface area contributed by atoms with E-state index in [1.165, 1.54) is 11.1 Å². The van der Waals surface area contributed by atoms with Crippen LogP contribution in [0.1, 0.15) is 57.7 Å². The van der Waals surface area contributed by atoms with Crippen LogP contribution in [0.2, 0.25) is 0 Å². The van der Waals surface area contributed by atoms with Gasteiger partial charge >= 0.3 is 6.09 Å². The fraction of sp³-hybridized carbons (Fsp3) is 0.552. The number of nitrogens with one attached hydrogen (secondary N) is 1. The Morgan fingerprint density at radius 3 is 2.47 bits per heavy atom. The molecule has 5 nitrogen and oxygen atoms in total. The van der Waals surface area contributed by atoms with Crippen molar-refractivity contribution in [2.24, 2.45) is 17.3 Å². The van der Waals surface area contributed by atoms with Gasteiger partial charge in [-0.3, -0.25) is 4.90 Å². The smallest absolute Gasteiger partial charge is 0.407 e. The van der Waals surface area contributed by atoms with E-state index < -0.39 is 0 Å². The minimum absolute atomic E-state index is 0.00552. The molecule has 2 atom stereocenters. The van der Waals surface area contributed by atoms with E-state index in [0.29, 0.717) is 18.4 Å². The Labute approximate surface area is 203 Å². The minimum atomic E-state index is -0.311. The first-order chi connectivity index (χ1) is 16.3. The molecule has 3 saturated heterocycles. The number of rotatable bonds is 5. The molecule has 5 heteroatoms. The Balaban J connectivity index is 1.32. The largest absolute Gasteiger partial charge is 0.493 e. The van der Waals surface area contributed by atoms with Crippen molar-refractivity contribution in [2.45, 2.75) is 59.1 Å². The topological polar surface area (TPSA) is 50.8 Å². The third-order valence-electron chi connectivity index (χ3n) is 7.75. The third kappa shape index (κ3) is 4.81. The van der Waals surface area contributed by atoms with E-state index in [1.807, 2.05) is 0 Å². The Hall–Kier alpha value is -2.53. The van der Waals surface area contributed by atoms with Crippen LogP contribution in [0.25, 0.3) is 11.1 Å². The number of carbonyl (C=O) groups excluding carboxylic acids is 1. The number of carbonyl (C=O) groups is 1. The highest BCUT2D eigenvalue weighted by atomic mass is 16.6. The molecule has 4 heterocycles. The summed E-state index contributed by atoms with van der Waals surface area (Å²) >= 11 is 0. The first kappa shape index (κ1) is 23.2. The fourth-order valence-corrected chi connectivity index (χ4v) is 5.76. The van der Waals surface area contributed by atoms with E-state index >= 15 is 0 Å². The van der Waals surface area contributed by atoms with E-state index in [1.54, 1.807) is 0 Å². The maximum atomic E-state index is 13.0. The second-order valence-electron chi connectivity index (χ2n) is 11.5. The zero-order valence-corrected chi connectivity index (χ0v) is 21.0. The summed E-state index contributed by atoms with van der Waals surface area (Å²) in [6.45, 7) is 12.4. The Bertz CT molecular complexity index is 1020. The third-order valence-corrected chi connectivity index (χ3v) is 7.75. The van der Waals surface area contributed by atoms with Gasteiger partial charge in [0.1, 0.15) is 11.9 Å². The van der Waals surface area contributed by atoms with Crippen molar-refractivity contribution < 1.29 is 14.3 Å². The van der Waals surface area contributed by atoms with Gasteiger partial charge < -0.3 is 14.8 Å². The van der Waals surface area contributed by atoms with Crippen LogP contribution in [0, 0.1) is 17.3 Å². The lowest BCUT2D eigenvalue weighted by atomic mass is 9.78. The molecular weight excluding hydrogens is 424 g/mol. The van der Waals surface area contributed by atoms with Gasteiger partial charge in [-0.25, -0.2) is 4.79 Å². The van der Waals surface area contributed by atoms with Gasteiger partial charge in [-0.15, -0.1) is 0 Å². The number of ether oxygens (including phenoxy) is 2. The summed E-state index contributed by atoms with van der Waals surface area (Å²) in [7, 11) is 0. The van der Waals surface area contributed by atoms with Gasteiger partial charge in [0.15, 0.2) is 0 Å². The molecule has 0 aliphatic carbocycles. The van der Waals surface area contributed by atoms with Gasteiger partial charge in [0.25, 0.3) is 0 Å². The number of nitrogens with zero attached hydrogens (tertiary/aromatic N) is 1. The Morgan fingerprint density at radius 2 is 1.82 bits per heavy atom. The van der Waals surface area contributed by atoms with Crippen LogP contribution >= 0.6 is 0 Å². The molecule has 182 valence electrons. The zero-order chi connectivity index (χ0) is 23.9. The molecule has 4 aliphatic heterocycles. The van der Waals surface area contributed by atoms with E-state index in [2.05, 4.69) is 80.4 Å². The summed E-state index contributed by atoms with van der Waals surface area (Å²) in [5.74, 6) is 1.99. The molecule has 0 aromatic heterocycles. The molecule has 2 aromatic rings. The molecule has 4 aliphatic rings. The average molecular weight is 463 g/mol. The molecule has 1 unspecified atom stereocenters. The van der Waals surface area contributed by atoms with E-state index in [4.69, 9.17) is 9.47 Å². The number of amides is 1. The zero-order valence-electron chi connectivity index (χ0n) is 21.0. The predicted octanol–water partition coefficient (Wildman–Crippen LogP) is 5.83. The molecule has 2 bridgehead atoms. The second-order valence-corrected chi connectivity index (χ2v) is 11.5. The van der Waals surface area contributed by atoms with Crippen LogP contribution in [0.4, 0.5) is 4.79 Å². The van der Waals surface area contributed by atoms with Gasteiger partial charge in [-0.05, 0) is 66.9 Å². The SMILES string of the molecule is CC(C)Cc1ccc(-c2ccc3c(c2)OCC(C)(C)C3NC(=O)O[C@@H]2CN3CCC2CC3)cc1. The predicted molar refractivity (Wildman–Crippen MR) is 135 cm³/mol. The summed E-state index contributed by atoms with van der Waals surface area (Å²) in [5, 5.41) is 3.20.